The Morgan fingerprint density at radius 3 is 2.48 bits per heavy atom. The van der Waals surface area contributed by atoms with Crippen molar-refractivity contribution in [2.75, 3.05) is 19.8 Å². The number of benzene rings is 2. The summed E-state index contributed by atoms with van der Waals surface area (Å²) in [5.41, 5.74) is 1.77. The summed E-state index contributed by atoms with van der Waals surface area (Å²) in [7, 11) is 0. The van der Waals surface area contributed by atoms with Gasteiger partial charge in [-0.05, 0) is 55.7 Å². The topological polar surface area (TPSA) is 79.6 Å². The second kappa shape index (κ2) is 11.2. The number of halogens is 1. The molecule has 33 heavy (non-hydrogen) atoms. The highest BCUT2D eigenvalue weighted by molar-refractivity contribution is 6.19. The minimum absolute atomic E-state index is 0.0397. The molecule has 0 aliphatic carbocycles. The number of carbonyl (C=O) groups excluding carboxylic acids is 2. The van der Waals surface area contributed by atoms with Crippen LogP contribution >= 0.6 is 0 Å². The van der Waals surface area contributed by atoms with Crippen LogP contribution in [0.3, 0.4) is 0 Å². The first-order chi connectivity index (χ1) is 16.0. The Balaban J connectivity index is 1.77. The number of hydrogen-bond acceptors (Lipinski definition) is 5. The fourth-order valence-corrected chi connectivity index (χ4v) is 3.41. The highest BCUT2D eigenvalue weighted by Gasteiger charge is 2.35. The van der Waals surface area contributed by atoms with Crippen molar-refractivity contribution in [1.82, 2.24) is 4.90 Å². The second-order valence-corrected chi connectivity index (χ2v) is 7.43. The molecular formula is C26H25FN2O4. The Bertz CT molecular complexity index is 1130. The predicted molar refractivity (Wildman–Crippen MR) is 121 cm³/mol. The van der Waals surface area contributed by atoms with E-state index in [9.17, 15) is 19.2 Å². The first-order valence-corrected chi connectivity index (χ1v) is 10.7. The van der Waals surface area contributed by atoms with E-state index in [4.69, 9.17) is 9.47 Å². The third-order valence-electron chi connectivity index (χ3n) is 5.24. The number of imide groups is 1. The summed E-state index contributed by atoms with van der Waals surface area (Å²) < 4.78 is 24.7. The summed E-state index contributed by atoms with van der Waals surface area (Å²) in [6, 6.07) is 15.3. The van der Waals surface area contributed by atoms with Crippen molar-refractivity contribution in [3.8, 4) is 11.8 Å². The lowest BCUT2D eigenvalue weighted by Gasteiger charge is -2.27. The average Bonchev–Trinajstić information content (AvgIpc) is 2.82. The van der Waals surface area contributed by atoms with Crippen LogP contribution in [0.15, 0.2) is 65.3 Å². The van der Waals surface area contributed by atoms with Crippen LogP contribution in [-0.2, 0) is 20.9 Å². The Morgan fingerprint density at radius 1 is 1.09 bits per heavy atom. The highest BCUT2D eigenvalue weighted by Crippen LogP contribution is 2.27. The molecule has 0 spiro atoms. The molecule has 0 unspecified atom stereocenters. The van der Waals surface area contributed by atoms with Crippen molar-refractivity contribution in [3.05, 3.63) is 82.2 Å². The Morgan fingerprint density at radius 2 is 1.82 bits per heavy atom. The fourth-order valence-electron chi connectivity index (χ4n) is 3.41. The smallest absolute Gasteiger partial charge is 0.271 e. The maximum absolute atomic E-state index is 13.7. The fraction of sp³-hybridized carbons (Fsp3) is 0.269. The molecule has 170 valence electrons. The largest absolute Gasteiger partial charge is 0.489 e. The van der Waals surface area contributed by atoms with Gasteiger partial charge in [-0.1, -0.05) is 30.3 Å². The SMILES string of the molecule is CCOCCCN1C(=O)C(C#N)=C(C)/C(=C\c2ccc(OCc3ccccc3F)cc2)C1=O. The highest BCUT2D eigenvalue weighted by atomic mass is 19.1. The van der Waals surface area contributed by atoms with Crippen molar-refractivity contribution in [1.29, 1.82) is 5.26 Å². The Hall–Kier alpha value is -3.76. The van der Waals surface area contributed by atoms with E-state index in [0.29, 0.717) is 47.7 Å². The van der Waals surface area contributed by atoms with Gasteiger partial charge in [-0.25, -0.2) is 4.39 Å². The summed E-state index contributed by atoms with van der Waals surface area (Å²) >= 11 is 0. The van der Waals surface area contributed by atoms with Gasteiger partial charge in [0.2, 0.25) is 0 Å². The molecule has 6 nitrogen and oxygen atoms in total. The molecule has 1 aliphatic rings. The minimum atomic E-state index is -0.578. The number of nitriles is 1. The van der Waals surface area contributed by atoms with Gasteiger partial charge >= 0.3 is 0 Å². The number of ether oxygens (including phenoxy) is 2. The molecular weight excluding hydrogens is 423 g/mol. The summed E-state index contributed by atoms with van der Waals surface area (Å²) in [6.45, 7) is 4.72. The molecule has 1 heterocycles. The van der Waals surface area contributed by atoms with E-state index in [1.165, 1.54) is 6.07 Å². The van der Waals surface area contributed by atoms with Crippen molar-refractivity contribution in [2.45, 2.75) is 26.9 Å². The van der Waals surface area contributed by atoms with E-state index in [1.807, 2.05) is 13.0 Å². The quantitative estimate of drug-likeness (QED) is 0.322. The minimum Gasteiger partial charge on any atom is -0.489 e. The maximum Gasteiger partial charge on any atom is 0.271 e. The van der Waals surface area contributed by atoms with Crippen LogP contribution < -0.4 is 4.74 Å². The normalized spacial score (nSPS) is 15.2. The summed E-state index contributed by atoms with van der Waals surface area (Å²) in [6.07, 6.45) is 2.14. The van der Waals surface area contributed by atoms with Gasteiger partial charge in [0.1, 0.15) is 29.8 Å². The van der Waals surface area contributed by atoms with Crippen molar-refractivity contribution in [2.24, 2.45) is 0 Å². The summed E-state index contributed by atoms with van der Waals surface area (Å²) in [5, 5.41) is 9.48. The van der Waals surface area contributed by atoms with Gasteiger partial charge in [-0.3, -0.25) is 14.5 Å². The molecule has 0 fully saturated rings. The standard InChI is InChI=1S/C26H25FN2O4/c1-3-32-14-6-13-29-25(30)22(18(2)23(16-28)26(29)31)15-19-9-11-21(12-10-19)33-17-20-7-4-5-8-24(20)27/h4-5,7-12,15H,3,6,13-14,17H2,1-2H3/b22-15+. The lowest BCUT2D eigenvalue weighted by atomic mass is 9.93. The van der Waals surface area contributed by atoms with Crippen LogP contribution in [-0.4, -0.2) is 36.5 Å². The number of carbonyl (C=O) groups is 2. The van der Waals surface area contributed by atoms with E-state index in [0.717, 1.165) is 4.90 Å². The van der Waals surface area contributed by atoms with Gasteiger partial charge in [0.15, 0.2) is 0 Å². The molecule has 0 aromatic heterocycles. The first kappa shape index (κ1) is 23.9. The maximum atomic E-state index is 13.7. The van der Waals surface area contributed by atoms with Crippen LogP contribution in [0, 0.1) is 17.1 Å². The summed E-state index contributed by atoms with van der Waals surface area (Å²) in [5.74, 6) is -0.794. The number of nitrogens with zero attached hydrogens (tertiary/aromatic N) is 2. The lowest BCUT2D eigenvalue weighted by molar-refractivity contribution is -0.140. The van der Waals surface area contributed by atoms with Gasteiger partial charge in [0.05, 0.1) is 0 Å². The Kier molecular flexibility index (Phi) is 8.11. The molecule has 2 aromatic rings. The molecule has 0 bridgehead atoms. The molecule has 2 amide bonds. The molecule has 0 atom stereocenters. The Labute approximate surface area is 192 Å². The molecule has 1 aliphatic heterocycles. The van der Waals surface area contributed by atoms with Gasteiger partial charge in [0.25, 0.3) is 11.8 Å². The van der Waals surface area contributed by atoms with E-state index in [1.54, 1.807) is 55.5 Å². The summed E-state index contributed by atoms with van der Waals surface area (Å²) in [4.78, 5) is 26.7. The van der Waals surface area contributed by atoms with Crippen LogP contribution in [0.5, 0.6) is 5.75 Å². The van der Waals surface area contributed by atoms with Crippen LogP contribution in [0.1, 0.15) is 31.4 Å². The number of amides is 2. The predicted octanol–water partition coefficient (Wildman–Crippen LogP) is 4.42. The van der Waals surface area contributed by atoms with E-state index < -0.39 is 11.8 Å². The molecule has 0 radical (unpaired) electrons. The number of hydrogen-bond donors (Lipinski definition) is 0. The van der Waals surface area contributed by atoms with E-state index in [2.05, 4.69) is 0 Å². The first-order valence-electron chi connectivity index (χ1n) is 10.7. The van der Waals surface area contributed by atoms with Gasteiger partial charge in [0, 0.05) is 30.9 Å². The van der Waals surface area contributed by atoms with Gasteiger partial charge < -0.3 is 9.47 Å². The van der Waals surface area contributed by atoms with E-state index >= 15 is 0 Å². The second-order valence-electron chi connectivity index (χ2n) is 7.43. The number of rotatable bonds is 9. The van der Waals surface area contributed by atoms with Crippen molar-refractivity contribution < 1.29 is 23.5 Å². The van der Waals surface area contributed by atoms with Gasteiger partial charge in [-0.15, -0.1) is 0 Å². The lowest BCUT2D eigenvalue weighted by Crippen LogP contribution is -2.43. The molecule has 0 N–H and O–H groups in total. The molecule has 0 saturated carbocycles. The van der Waals surface area contributed by atoms with Crippen LogP contribution in [0.2, 0.25) is 0 Å². The zero-order valence-electron chi connectivity index (χ0n) is 18.6. The van der Waals surface area contributed by atoms with Crippen molar-refractivity contribution in [3.63, 3.8) is 0 Å². The zero-order valence-corrected chi connectivity index (χ0v) is 18.6. The monoisotopic (exact) mass is 448 g/mol. The van der Waals surface area contributed by atoms with Gasteiger partial charge in [-0.2, -0.15) is 5.26 Å². The van der Waals surface area contributed by atoms with Crippen LogP contribution in [0.4, 0.5) is 4.39 Å². The zero-order chi connectivity index (χ0) is 23.8. The molecule has 2 aromatic carbocycles. The molecule has 0 saturated heterocycles. The van der Waals surface area contributed by atoms with Crippen molar-refractivity contribution >= 4 is 17.9 Å². The third kappa shape index (κ3) is 5.73. The van der Waals surface area contributed by atoms with Crippen LogP contribution in [0.25, 0.3) is 6.08 Å². The molecule has 7 heteroatoms. The average molecular weight is 448 g/mol. The molecule has 3 rings (SSSR count). The van der Waals surface area contributed by atoms with E-state index in [-0.39, 0.29) is 24.5 Å². The third-order valence-corrected chi connectivity index (χ3v) is 5.24.